The highest BCUT2D eigenvalue weighted by molar-refractivity contribution is 5.99. The van der Waals surface area contributed by atoms with Gasteiger partial charge in [-0.1, -0.05) is 12.1 Å². The number of ether oxygens (including phenoxy) is 1. The van der Waals surface area contributed by atoms with Crippen molar-refractivity contribution in [3.05, 3.63) is 59.4 Å². The van der Waals surface area contributed by atoms with Crippen LogP contribution in [0, 0.1) is 5.82 Å². The highest BCUT2D eigenvalue weighted by Crippen LogP contribution is 2.29. The molecule has 0 unspecified atom stereocenters. The summed E-state index contributed by atoms with van der Waals surface area (Å²) in [6, 6.07) is 10.8. The number of hydrogen-bond donors (Lipinski definition) is 1. The van der Waals surface area contributed by atoms with Crippen molar-refractivity contribution in [1.82, 2.24) is 9.80 Å². The van der Waals surface area contributed by atoms with Crippen LogP contribution < -0.4 is 10.1 Å². The third kappa shape index (κ3) is 4.21. The van der Waals surface area contributed by atoms with Crippen LogP contribution in [0.15, 0.2) is 42.5 Å². The van der Waals surface area contributed by atoms with E-state index >= 15 is 0 Å². The minimum absolute atomic E-state index is 0.0402. The van der Waals surface area contributed by atoms with Gasteiger partial charge in [-0.3, -0.25) is 14.4 Å². The molecule has 0 aromatic heterocycles. The van der Waals surface area contributed by atoms with Crippen LogP contribution >= 0.6 is 0 Å². The molecule has 1 saturated heterocycles. The maximum Gasteiger partial charge on any atom is 0.262 e. The quantitative estimate of drug-likeness (QED) is 0.855. The van der Waals surface area contributed by atoms with Crippen LogP contribution in [0.3, 0.4) is 0 Å². The summed E-state index contributed by atoms with van der Waals surface area (Å²) in [4.78, 5) is 40.0. The number of fused-ring (bicyclic) bond motifs is 1. The van der Waals surface area contributed by atoms with Gasteiger partial charge in [-0.25, -0.2) is 4.39 Å². The van der Waals surface area contributed by atoms with Gasteiger partial charge in [0.2, 0.25) is 5.91 Å². The predicted molar refractivity (Wildman–Crippen MR) is 103 cm³/mol. The Morgan fingerprint density at radius 1 is 1.00 bits per heavy atom. The minimum Gasteiger partial charge on any atom is -0.482 e. The molecule has 7 nitrogen and oxygen atoms in total. The molecule has 3 amide bonds. The first-order chi connectivity index (χ1) is 14.0. The number of amides is 3. The van der Waals surface area contributed by atoms with Crippen LogP contribution in [0.1, 0.15) is 15.9 Å². The summed E-state index contributed by atoms with van der Waals surface area (Å²) < 4.78 is 18.4. The monoisotopic (exact) mass is 397 g/mol. The second-order valence-corrected chi connectivity index (χ2v) is 7.02. The van der Waals surface area contributed by atoms with Gasteiger partial charge in [0.05, 0.1) is 12.1 Å². The zero-order valence-corrected chi connectivity index (χ0v) is 15.7. The van der Waals surface area contributed by atoms with E-state index in [4.69, 9.17) is 4.74 Å². The van der Waals surface area contributed by atoms with Crippen molar-refractivity contribution in [2.45, 2.75) is 6.42 Å². The van der Waals surface area contributed by atoms with Gasteiger partial charge in [-0.2, -0.15) is 0 Å². The van der Waals surface area contributed by atoms with Crippen LogP contribution in [0.25, 0.3) is 0 Å². The normalized spacial score (nSPS) is 16.0. The molecule has 1 N–H and O–H groups in total. The number of piperazine rings is 1. The molecule has 4 rings (SSSR count). The summed E-state index contributed by atoms with van der Waals surface area (Å²) in [5.74, 6) is -0.259. The Morgan fingerprint density at radius 2 is 1.69 bits per heavy atom. The first-order valence-corrected chi connectivity index (χ1v) is 9.38. The number of benzene rings is 2. The van der Waals surface area contributed by atoms with E-state index in [1.807, 2.05) is 0 Å². The number of hydrogen-bond acceptors (Lipinski definition) is 4. The third-order valence-corrected chi connectivity index (χ3v) is 5.05. The Labute approximate surface area is 167 Å². The van der Waals surface area contributed by atoms with E-state index in [9.17, 15) is 18.8 Å². The number of nitrogens with zero attached hydrogens (tertiary/aromatic N) is 2. The molecule has 0 bridgehead atoms. The van der Waals surface area contributed by atoms with E-state index in [-0.39, 0.29) is 36.6 Å². The highest BCUT2D eigenvalue weighted by Gasteiger charge is 2.26. The van der Waals surface area contributed by atoms with E-state index in [1.165, 1.54) is 12.1 Å². The van der Waals surface area contributed by atoms with Crippen LogP contribution in [-0.4, -0.2) is 60.3 Å². The molecule has 1 fully saturated rings. The number of anilines is 1. The van der Waals surface area contributed by atoms with Crippen molar-refractivity contribution < 1.29 is 23.5 Å². The SMILES string of the molecule is O=C1COc2cc(C(=O)N3CCN(C(=O)Cc4ccc(F)cc4)CC3)ccc2N1. The largest absolute Gasteiger partial charge is 0.482 e. The van der Waals surface area contributed by atoms with Crippen molar-refractivity contribution in [2.75, 3.05) is 38.1 Å². The van der Waals surface area contributed by atoms with E-state index in [0.717, 1.165) is 5.56 Å². The van der Waals surface area contributed by atoms with Crippen LogP contribution in [0.4, 0.5) is 10.1 Å². The van der Waals surface area contributed by atoms with Crippen LogP contribution in [0.2, 0.25) is 0 Å². The fraction of sp³-hybridized carbons (Fsp3) is 0.286. The van der Waals surface area contributed by atoms with Crippen molar-refractivity contribution in [3.8, 4) is 5.75 Å². The molecule has 2 aromatic carbocycles. The molecule has 150 valence electrons. The molecule has 0 aliphatic carbocycles. The van der Waals surface area contributed by atoms with Crippen molar-refractivity contribution in [1.29, 1.82) is 0 Å². The summed E-state index contributed by atoms with van der Waals surface area (Å²) >= 11 is 0. The smallest absolute Gasteiger partial charge is 0.262 e. The van der Waals surface area contributed by atoms with Gasteiger partial charge >= 0.3 is 0 Å². The van der Waals surface area contributed by atoms with Crippen LogP contribution in [0.5, 0.6) is 5.75 Å². The fourth-order valence-electron chi connectivity index (χ4n) is 3.44. The third-order valence-electron chi connectivity index (χ3n) is 5.05. The van der Waals surface area contributed by atoms with E-state index in [2.05, 4.69) is 5.32 Å². The summed E-state index contributed by atoms with van der Waals surface area (Å²) in [5.41, 5.74) is 1.79. The first kappa shape index (κ1) is 18.9. The van der Waals surface area contributed by atoms with E-state index in [1.54, 1.807) is 40.1 Å². The van der Waals surface area contributed by atoms with Gasteiger partial charge < -0.3 is 19.9 Å². The molecule has 2 aromatic rings. The Hall–Kier alpha value is -3.42. The Morgan fingerprint density at radius 3 is 2.41 bits per heavy atom. The number of halogens is 1. The number of carbonyl (C=O) groups excluding carboxylic acids is 3. The fourth-order valence-corrected chi connectivity index (χ4v) is 3.44. The molecule has 2 heterocycles. The topological polar surface area (TPSA) is 79.0 Å². The number of rotatable bonds is 3. The maximum atomic E-state index is 13.0. The second-order valence-electron chi connectivity index (χ2n) is 7.02. The summed E-state index contributed by atoms with van der Waals surface area (Å²) in [6.07, 6.45) is 0.210. The Balaban J connectivity index is 1.34. The molecule has 0 radical (unpaired) electrons. The molecule has 2 aliphatic rings. The van der Waals surface area contributed by atoms with Crippen molar-refractivity contribution in [3.63, 3.8) is 0 Å². The van der Waals surface area contributed by atoms with Crippen LogP contribution in [-0.2, 0) is 16.0 Å². The number of carbonyl (C=O) groups is 3. The Kier molecular flexibility index (Phi) is 5.16. The minimum atomic E-state index is -0.330. The summed E-state index contributed by atoms with van der Waals surface area (Å²) in [6.45, 7) is 1.69. The average molecular weight is 397 g/mol. The highest BCUT2D eigenvalue weighted by atomic mass is 19.1. The van der Waals surface area contributed by atoms with Gasteiger partial charge in [0, 0.05) is 31.7 Å². The first-order valence-electron chi connectivity index (χ1n) is 9.38. The second kappa shape index (κ2) is 7.90. The lowest BCUT2D eigenvalue weighted by molar-refractivity contribution is -0.132. The lowest BCUT2D eigenvalue weighted by Crippen LogP contribution is -2.51. The predicted octanol–water partition coefficient (Wildman–Crippen LogP) is 1.68. The lowest BCUT2D eigenvalue weighted by Gasteiger charge is -2.35. The molecular weight excluding hydrogens is 377 g/mol. The van der Waals surface area contributed by atoms with Gasteiger partial charge in [-0.05, 0) is 35.9 Å². The Bertz CT molecular complexity index is 953. The zero-order valence-electron chi connectivity index (χ0n) is 15.7. The molecular formula is C21H20FN3O4. The van der Waals surface area contributed by atoms with Crippen molar-refractivity contribution in [2.24, 2.45) is 0 Å². The maximum absolute atomic E-state index is 13.0. The molecule has 0 atom stereocenters. The van der Waals surface area contributed by atoms with Gasteiger partial charge in [-0.15, -0.1) is 0 Å². The van der Waals surface area contributed by atoms with Gasteiger partial charge in [0.1, 0.15) is 11.6 Å². The van der Waals surface area contributed by atoms with E-state index in [0.29, 0.717) is 43.2 Å². The molecule has 8 heteroatoms. The average Bonchev–Trinajstić information content (AvgIpc) is 2.74. The van der Waals surface area contributed by atoms with E-state index < -0.39 is 0 Å². The molecule has 29 heavy (non-hydrogen) atoms. The molecule has 2 aliphatic heterocycles. The number of nitrogens with one attached hydrogen (secondary N) is 1. The standard InChI is InChI=1S/C21H20FN3O4/c22-16-4-1-14(2-5-16)11-20(27)24-7-9-25(10-8-24)21(28)15-3-6-17-18(12-15)29-13-19(26)23-17/h1-6,12H,7-11,13H2,(H,23,26). The van der Waals surface area contributed by atoms with Gasteiger partial charge in [0.25, 0.3) is 11.8 Å². The lowest BCUT2D eigenvalue weighted by atomic mass is 10.1. The molecule has 0 saturated carbocycles. The zero-order chi connectivity index (χ0) is 20.4. The summed E-state index contributed by atoms with van der Waals surface area (Å²) in [7, 11) is 0. The molecule has 0 spiro atoms. The van der Waals surface area contributed by atoms with Crippen molar-refractivity contribution >= 4 is 23.4 Å². The summed E-state index contributed by atoms with van der Waals surface area (Å²) in [5, 5.41) is 2.69. The van der Waals surface area contributed by atoms with Gasteiger partial charge in [0.15, 0.2) is 6.61 Å².